The van der Waals surface area contributed by atoms with Gasteiger partial charge in [0.15, 0.2) is 5.82 Å². The maximum Gasteiger partial charge on any atom is 0.268 e. The molecule has 4 aromatic heterocycles. The van der Waals surface area contributed by atoms with E-state index in [1.807, 2.05) is 23.6 Å². The second kappa shape index (κ2) is 5.71. The van der Waals surface area contributed by atoms with Crippen LogP contribution in [0.2, 0.25) is 0 Å². The van der Waals surface area contributed by atoms with Gasteiger partial charge >= 0.3 is 0 Å². The van der Waals surface area contributed by atoms with E-state index in [4.69, 9.17) is 4.52 Å². The lowest BCUT2D eigenvalue weighted by atomic mass is 10.3. The molecule has 0 aliphatic carbocycles. The summed E-state index contributed by atoms with van der Waals surface area (Å²) < 4.78 is 6.76. The Bertz CT molecular complexity index is 1010. The summed E-state index contributed by atoms with van der Waals surface area (Å²) in [6, 6.07) is 5.76. The van der Waals surface area contributed by atoms with Gasteiger partial charge in [0.1, 0.15) is 4.83 Å². The number of nitrogens with zero attached hydrogens (tertiary/aromatic N) is 4. The summed E-state index contributed by atoms with van der Waals surface area (Å²) in [5.41, 5.74) is -0.0755. The summed E-state index contributed by atoms with van der Waals surface area (Å²) in [6.45, 7) is 2.31. The van der Waals surface area contributed by atoms with Gasteiger partial charge in [-0.15, -0.1) is 22.7 Å². The predicted octanol–water partition coefficient (Wildman–Crippen LogP) is 3.18. The molecule has 23 heavy (non-hydrogen) atoms. The lowest BCUT2D eigenvalue weighted by molar-refractivity contribution is 0.421. The molecule has 0 saturated heterocycles. The van der Waals surface area contributed by atoms with Crippen molar-refractivity contribution in [1.82, 2.24) is 19.7 Å². The van der Waals surface area contributed by atoms with Gasteiger partial charge in [0.05, 0.1) is 23.1 Å². The molecular formula is C15H12N4O2S2. The molecule has 116 valence electrons. The lowest BCUT2D eigenvalue weighted by Gasteiger charge is -2.00. The number of fused-ring (bicyclic) bond motifs is 1. The zero-order chi connectivity index (χ0) is 15.8. The number of aromatic nitrogens is 4. The van der Waals surface area contributed by atoms with E-state index in [0.717, 1.165) is 21.0 Å². The monoisotopic (exact) mass is 344 g/mol. The van der Waals surface area contributed by atoms with Crippen molar-refractivity contribution < 1.29 is 4.52 Å². The Morgan fingerprint density at radius 3 is 3.09 bits per heavy atom. The third kappa shape index (κ3) is 2.60. The van der Waals surface area contributed by atoms with Gasteiger partial charge in [0.25, 0.3) is 11.4 Å². The maximum atomic E-state index is 12.5. The summed E-state index contributed by atoms with van der Waals surface area (Å²) in [5, 5.41) is 6.54. The molecule has 4 rings (SSSR count). The Morgan fingerprint density at radius 2 is 2.30 bits per heavy atom. The first-order valence-electron chi connectivity index (χ1n) is 7.09. The van der Waals surface area contributed by atoms with E-state index in [9.17, 15) is 4.79 Å². The summed E-state index contributed by atoms with van der Waals surface area (Å²) in [7, 11) is 0. The first-order chi connectivity index (χ1) is 11.2. The molecule has 8 heteroatoms. The highest BCUT2D eigenvalue weighted by atomic mass is 32.1. The number of rotatable bonds is 4. The quantitative estimate of drug-likeness (QED) is 0.568. The fraction of sp³-hybridized carbons (Fsp3) is 0.200. The van der Waals surface area contributed by atoms with Crippen LogP contribution in [-0.4, -0.2) is 19.7 Å². The summed E-state index contributed by atoms with van der Waals surface area (Å²) >= 11 is 3.09. The zero-order valence-corrected chi connectivity index (χ0v) is 13.9. The normalized spacial score (nSPS) is 11.3. The average molecular weight is 344 g/mol. The Balaban J connectivity index is 1.67. The molecular weight excluding hydrogens is 332 g/mol. The molecule has 0 amide bonds. The van der Waals surface area contributed by atoms with E-state index in [-0.39, 0.29) is 12.1 Å². The van der Waals surface area contributed by atoms with Crippen LogP contribution >= 0.6 is 22.7 Å². The average Bonchev–Trinajstić information content (AvgIpc) is 3.29. The van der Waals surface area contributed by atoms with Crippen molar-refractivity contribution >= 4 is 32.9 Å². The molecule has 0 aliphatic rings. The highest BCUT2D eigenvalue weighted by Crippen LogP contribution is 2.23. The Morgan fingerprint density at radius 1 is 1.39 bits per heavy atom. The van der Waals surface area contributed by atoms with Crippen molar-refractivity contribution in [3.8, 4) is 10.8 Å². The topological polar surface area (TPSA) is 73.8 Å². The molecule has 4 aromatic rings. The van der Waals surface area contributed by atoms with Gasteiger partial charge in [0, 0.05) is 4.88 Å². The molecule has 0 radical (unpaired) electrons. The third-order valence-corrected chi connectivity index (χ3v) is 5.47. The highest BCUT2D eigenvalue weighted by Gasteiger charge is 2.13. The van der Waals surface area contributed by atoms with Crippen LogP contribution in [0.3, 0.4) is 0 Å². The largest absolute Gasteiger partial charge is 0.333 e. The van der Waals surface area contributed by atoms with Crippen molar-refractivity contribution in [2.24, 2.45) is 0 Å². The van der Waals surface area contributed by atoms with Crippen LogP contribution in [-0.2, 0) is 13.0 Å². The molecule has 0 aromatic carbocycles. The minimum atomic E-state index is -0.0755. The third-order valence-electron chi connectivity index (χ3n) is 3.43. The van der Waals surface area contributed by atoms with Crippen molar-refractivity contribution in [1.29, 1.82) is 0 Å². The van der Waals surface area contributed by atoms with Gasteiger partial charge in [-0.3, -0.25) is 9.36 Å². The van der Waals surface area contributed by atoms with Gasteiger partial charge in [0.2, 0.25) is 0 Å². The SMILES string of the molecule is CCc1cc2c(=O)n(Cc3noc(-c4cccs4)n3)cnc2s1. The smallest absolute Gasteiger partial charge is 0.268 e. The van der Waals surface area contributed by atoms with Crippen LogP contribution in [0.4, 0.5) is 0 Å². The number of hydrogen-bond acceptors (Lipinski definition) is 7. The Hall–Kier alpha value is -2.32. The van der Waals surface area contributed by atoms with E-state index in [2.05, 4.69) is 22.0 Å². The first kappa shape index (κ1) is 14.3. The summed E-state index contributed by atoms with van der Waals surface area (Å²) in [4.78, 5) is 24.1. The second-order valence-corrected chi connectivity index (χ2v) is 7.02. The van der Waals surface area contributed by atoms with Gasteiger partial charge in [-0.05, 0) is 23.9 Å². The molecule has 0 aliphatic heterocycles. The van der Waals surface area contributed by atoms with E-state index in [1.54, 1.807) is 17.7 Å². The van der Waals surface area contributed by atoms with Crippen LogP contribution in [0.1, 0.15) is 17.6 Å². The molecule has 0 N–H and O–H groups in total. The summed E-state index contributed by atoms with van der Waals surface area (Å²) in [6.07, 6.45) is 2.44. The van der Waals surface area contributed by atoms with Crippen molar-refractivity contribution in [3.63, 3.8) is 0 Å². The molecule has 0 fully saturated rings. The van der Waals surface area contributed by atoms with Crippen LogP contribution in [0.5, 0.6) is 0 Å². The fourth-order valence-electron chi connectivity index (χ4n) is 2.27. The van der Waals surface area contributed by atoms with Gasteiger partial charge in [-0.1, -0.05) is 18.1 Å². The minimum absolute atomic E-state index is 0.0755. The van der Waals surface area contributed by atoms with E-state index in [0.29, 0.717) is 17.1 Å². The molecule has 0 saturated carbocycles. The predicted molar refractivity (Wildman–Crippen MR) is 90.0 cm³/mol. The molecule has 0 spiro atoms. The number of aryl methyl sites for hydroxylation is 1. The maximum absolute atomic E-state index is 12.5. The van der Waals surface area contributed by atoms with E-state index in [1.165, 1.54) is 15.9 Å². The van der Waals surface area contributed by atoms with E-state index < -0.39 is 0 Å². The van der Waals surface area contributed by atoms with E-state index >= 15 is 0 Å². The van der Waals surface area contributed by atoms with Crippen LogP contribution in [0.25, 0.3) is 21.0 Å². The standard InChI is InChI=1S/C15H12N4O2S2/c1-2-9-6-10-14(23-9)16-8-19(15(10)20)7-12-17-13(21-18-12)11-4-3-5-22-11/h3-6,8H,2,7H2,1H3. The minimum Gasteiger partial charge on any atom is -0.333 e. The number of hydrogen-bond donors (Lipinski definition) is 0. The van der Waals surface area contributed by atoms with Crippen LogP contribution in [0, 0.1) is 0 Å². The highest BCUT2D eigenvalue weighted by molar-refractivity contribution is 7.18. The Kier molecular flexibility index (Phi) is 3.55. The van der Waals surface area contributed by atoms with Crippen molar-refractivity contribution in [3.05, 3.63) is 51.0 Å². The van der Waals surface area contributed by atoms with Crippen molar-refractivity contribution in [2.45, 2.75) is 19.9 Å². The molecule has 4 heterocycles. The van der Waals surface area contributed by atoms with Crippen LogP contribution in [0.15, 0.2) is 39.2 Å². The molecule has 6 nitrogen and oxygen atoms in total. The van der Waals surface area contributed by atoms with Crippen molar-refractivity contribution in [2.75, 3.05) is 0 Å². The molecule has 0 unspecified atom stereocenters. The molecule has 0 bridgehead atoms. The number of thiophene rings is 2. The van der Waals surface area contributed by atoms with Gasteiger partial charge in [-0.25, -0.2) is 4.98 Å². The lowest BCUT2D eigenvalue weighted by Crippen LogP contribution is -2.21. The van der Waals surface area contributed by atoms with Gasteiger partial charge in [-0.2, -0.15) is 4.98 Å². The first-order valence-corrected chi connectivity index (χ1v) is 8.78. The fourth-order valence-corrected chi connectivity index (χ4v) is 3.84. The molecule has 0 atom stereocenters. The Labute approximate surface area is 139 Å². The van der Waals surface area contributed by atoms with Gasteiger partial charge < -0.3 is 4.52 Å². The summed E-state index contributed by atoms with van der Waals surface area (Å²) in [5.74, 6) is 0.934. The second-order valence-electron chi connectivity index (χ2n) is 4.96. The zero-order valence-electron chi connectivity index (χ0n) is 12.2. The van der Waals surface area contributed by atoms with Crippen LogP contribution < -0.4 is 5.56 Å².